The number of nitrogens with one attached hydrogen (secondary N) is 1. The zero-order valence-corrected chi connectivity index (χ0v) is 19.8. The summed E-state index contributed by atoms with van der Waals surface area (Å²) >= 11 is 0. The summed E-state index contributed by atoms with van der Waals surface area (Å²) in [7, 11) is 0. The highest BCUT2D eigenvalue weighted by molar-refractivity contribution is 5.75. The molecule has 1 heterocycles. The standard InChI is InChI=1S/C24H32FN3O4/c1-9-14-24(8,27-20(29)31-22(2,3)4)19-26-18(16-12-10-11-13-17(16)25)15-28(19)21(30)32-23(5,6)7/h9-13,15H,1,14H2,2-8H3,(H,27,29)/t24-/m0/s1. The Morgan fingerprint density at radius 1 is 1.09 bits per heavy atom. The maximum atomic E-state index is 14.5. The van der Waals surface area contributed by atoms with Crippen molar-refractivity contribution in [3.63, 3.8) is 0 Å². The molecule has 1 aromatic carbocycles. The van der Waals surface area contributed by atoms with Crippen LogP contribution in [0.4, 0.5) is 14.0 Å². The third-order valence-corrected chi connectivity index (χ3v) is 4.27. The quantitative estimate of drug-likeness (QED) is 0.589. The fourth-order valence-electron chi connectivity index (χ4n) is 3.03. The molecule has 2 rings (SSSR count). The summed E-state index contributed by atoms with van der Waals surface area (Å²) in [5.74, 6) is -0.325. The molecule has 1 N–H and O–H groups in total. The van der Waals surface area contributed by atoms with Gasteiger partial charge in [0.1, 0.15) is 28.4 Å². The van der Waals surface area contributed by atoms with E-state index in [2.05, 4.69) is 16.9 Å². The largest absolute Gasteiger partial charge is 0.444 e. The molecule has 0 aliphatic heterocycles. The molecule has 7 nitrogen and oxygen atoms in total. The van der Waals surface area contributed by atoms with Gasteiger partial charge in [0.05, 0.1) is 5.69 Å². The van der Waals surface area contributed by atoms with Crippen molar-refractivity contribution in [3.8, 4) is 11.3 Å². The number of rotatable bonds is 5. The van der Waals surface area contributed by atoms with Crippen LogP contribution in [0.2, 0.25) is 0 Å². The van der Waals surface area contributed by atoms with Crippen molar-refractivity contribution in [2.75, 3.05) is 0 Å². The van der Waals surface area contributed by atoms with Crippen LogP contribution in [0.5, 0.6) is 0 Å². The van der Waals surface area contributed by atoms with Crippen LogP contribution in [-0.4, -0.2) is 32.9 Å². The third-order valence-electron chi connectivity index (χ3n) is 4.27. The Morgan fingerprint density at radius 2 is 1.69 bits per heavy atom. The molecule has 0 fully saturated rings. The second kappa shape index (κ2) is 9.14. The highest BCUT2D eigenvalue weighted by atomic mass is 19.1. The van der Waals surface area contributed by atoms with Gasteiger partial charge in [-0.05, 0) is 67.0 Å². The SMILES string of the molecule is C=CC[C@](C)(NC(=O)OC(C)(C)C)c1nc(-c2ccccc2F)cn1C(=O)OC(C)(C)C. The molecule has 0 saturated heterocycles. The fourth-order valence-corrected chi connectivity index (χ4v) is 3.03. The first-order valence-corrected chi connectivity index (χ1v) is 10.4. The van der Waals surface area contributed by atoms with Gasteiger partial charge in [-0.2, -0.15) is 0 Å². The second-order valence-corrected chi connectivity index (χ2v) is 9.73. The maximum absolute atomic E-state index is 14.5. The molecule has 0 aliphatic rings. The first-order valence-electron chi connectivity index (χ1n) is 10.4. The van der Waals surface area contributed by atoms with E-state index in [1.165, 1.54) is 16.8 Å². The van der Waals surface area contributed by atoms with E-state index in [4.69, 9.17) is 9.47 Å². The summed E-state index contributed by atoms with van der Waals surface area (Å²) in [6, 6.07) is 6.11. The van der Waals surface area contributed by atoms with Gasteiger partial charge >= 0.3 is 12.2 Å². The zero-order chi connectivity index (χ0) is 24.3. The highest BCUT2D eigenvalue weighted by Gasteiger charge is 2.37. The van der Waals surface area contributed by atoms with Crippen molar-refractivity contribution in [2.24, 2.45) is 0 Å². The number of carbonyl (C=O) groups is 2. The van der Waals surface area contributed by atoms with Gasteiger partial charge in [0.25, 0.3) is 0 Å². The van der Waals surface area contributed by atoms with Crippen LogP contribution in [0.1, 0.15) is 60.7 Å². The van der Waals surface area contributed by atoms with E-state index in [0.29, 0.717) is 0 Å². The normalized spacial score (nSPS) is 13.8. The summed E-state index contributed by atoms with van der Waals surface area (Å²) in [6.45, 7) is 15.9. The lowest BCUT2D eigenvalue weighted by Crippen LogP contribution is -2.47. The van der Waals surface area contributed by atoms with Crippen molar-refractivity contribution in [1.29, 1.82) is 0 Å². The number of benzene rings is 1. The minimum Gasteiger partial charge on any atom is -0.444 e. The van der Waals surface area contributed by atoms with Gasteiger partial charge in [0, 0.05) is 11.8 Å². The summed E-state index contributed by atoms with van der Waals surface area (Å²) in [4.78, 5) is 30.1. The summed E-state index contributed by atoms with van der Waals surface area (Å²) in [5, 5.41) is 2.79. The summed E-state index contributed by atoms with van der Waals surface area (Å²) < 4.78 is 26.6. The van der Waals surface area contributed by atoms with Gasteiger partial charge in [0.15, 0.2) is 0 Å². The van der Waals surface area contributed by atoms with Crippen LogP contribution in [0.25, 0.3) is 11.3 Å². The van der Waals surface area contributed by atoms with Gasteiger partial charge in [-0.3, -0.25) is 0 Å². The van der Waals surface area contributed by atoms with E-state index >= 15 is 0 Å². The minimum absolute atomic E-state index is 0.163. The second-order valence-electron chi connectivity index (χ2n) is 9.73. The molecule has 8 heteroatoms. The average Bonchev–Trinajstić information content (AvgIpc) is 3.05. The zero-order valence-electron chi connectivity index (χ0n) is 19.8. The predicted octanol–water partition coefficient (Wildman–Crippen LogP) is 5.79. The van der Waals surface area contributed by atoms with E-state index in [1.54, 1.807) is 72.7 Å². The molecule has 0 aliphatic carbocycles. The van der Waals surface area contributed by atoms with E-state index in [0.717, 1.165) is 0 Å². The smallest absolute Gasteiger partial charge is 0.420 e. The van der Waals surface area contributed by atoms with Crippen LogP contribution in [0.3, 0.4) is 0 Å². The Balaban J connectivity index is 2.62. The van der Waals surface area contributed by atoms with Crippen LogP contribution < -0.4 is 5.32 Å². The first-order chi connectivity index (χ1) is 14.6. The van der Waals surface area contributed by atoms with Crippen molar-refractivity contribution >= 4 is 12.2 Å². The molecule has 0 radical (unpaired) electrons. The minimum atomic E-state index is -1.19. The van der Waals surface area contributed by atoms with Gasteiger partial charge < -0.3 is 14.8 Å². The Bertz CT molecular complexity index is 1000. The number of halogens is 1. The molecule has 1 aromatic heterocycles. The van der Waals surface area contributed by atoms with E-state index < -0.39 is 34.7 Å². The number of alkyl carbamates (subject to hydrolysis) is 1. The van der Waals surface area contributed by atoms with E-state index in [1.807, 2.05) is 0 Å². The lowest BCUT2D eigenvalue weighted by atomic mass is 9.96. The van der Waals surface area contributed by atoms with Gasteiger partial charge in [-0.1, -0.05) is 18.2 Å². The molecule has 174 valence electrons. The lowest BCUT2D eigenvalue weighted by molar-refractivity contribution is 0.0427. The van der Waals surface area contributed by atoms with Crippen molar-refractivity contribution in [2.45, 2.75) is 71.6 Å². The Labute approximate surface area is 188 Å². The van der Waals surface area contributed by atoms with E-state index in [-0.39, 0.29) is 23.5 Å². The lowest BCUT2D eigenvalue weighted by Gasteiger charge is -2.31. The molecular weight excluding hydrogens is 413 g/mol. The van der Waals surface area contributed by atoms with Crippen molar-refractivity contribution in [1.82, 2.24) is 14.9 Å². The molecule has 0 bridgehead atoms. The molecule has 2 aromatic rings. The predicted molar refractivity (Wildman–Crippen MR) is 121 cm³/mol. The Morgan fingerprint density at radius 3 is 2.22 bits per heavy atom. The summed E-state index contributed by atoms with van der Waals surface area (Å²) in [5.41, 5.74) is -2.24. The number of imidazole rings is 1. The van der Waals surface area contributed by atoms with Gasteiger partial charge in [-0.25, -0.2) is 23.5 Å². The third kappa shape index (κ3) is 6.42. The number of hydrogen-bond donors (Lipinski definition) is 1. The molecule has 0 saturated carbocycles. The molecular formula is C24H32FN3O4. The number of amides is 1. The number of hydrogen-bond acceptors (Lipinski definition) is 5. The monoisotopic (exact) mass is 445 g/mol. The molecule has 32 heavy (non-hydrogen) atoms. The molecule has 1 atom stereocenters. The first kappa shape index (κ1) is 25.1. The Kier molecular flexibility index (Phi) is 7.17. The van der Waals surface area contributed by atoms with Crippen molar-refractivity contribution < 1.29 is 23.5 Å². The maximum Gasteiger partial charge on any atom is 0.420 e. The number of nitrogens with zero attached hydrogens (tertiary/aromatic N) is 2. The number of carbonyl (C=O) groups excluding carboxylic acids is 2. The topological polar surface area (TPSA) is 82.5 Å². The van der Waals surface area contributed by atoms with Gasteiger partial charge in [0.2, 0.25) is 0 Å². The van der Waals surface area contributed by atoms with Gasteiger partial charge in [-0.15, -0.1) is 6.58 Å². The molecule has 0 unspecified atom stereocenters. The van der Waals surface area contributed by atoms with Crippen molar-refractivity contribution in [3.05, 3.63) is 54.8 Å². The molecule has 0 spiro atoms. The van der Waals surface area contributed by atoms with E-state index in [9.17, 15) is 14.0 Å². The number of aromatic nitrogens is 2. The molecule has 1 amide bonds. The average molecular weight is 446 g/mol. The highest BCUT2D eigenvalue weighted by Crippen LogP contribution is 2.30. The number of ether oxygens (including phenoxy) is 2. The fraction of sp³-hybridized carbons (Fsp3) is 0.458. The summed E-state index contributed by atoms with van der Waals surface area (Å²) in [6.07, 6.45) is 1.83. The van der Waals surface area contributed by atoms with Crippen LogP contribution in [0, 0.1) is 5.82 Å². The van der Waals surface area contributed by atoms with Crippen LogP contribution >= 0.6 is 0 Å². The van der Waals surface area contributed by atoms with Crippen LogP contribution in [0.15, 0.2) is 43.1 Å². The van der Waals surface area contributed by atoms with Crippen LogP contribution in [-0.2, 0) is 15.0 Å². The Hall–Kier alpha value is -3.16.